The topological polar surface area (TPSA) is 101 Å². The zero-order valence-electron chi connectivity index (χ0n) is 13.9. The molecule has 1 aromatic carbocycles. The first-order valence-corrected chi connectivity index (χ1v) is 8.55. The highest BCUT2D eigenvalue weighted by atomic mass is 16.5. The minimum Gasteiger partial charge on any atom is -0.456 e. The van der Waals surface area contributed by atoms with E-state index in [2.05, 4.69) is 15.3 Å². The van der Waals surface area contributed by atoms with E-state index < -0.39 is 5.97 Å². The number of rotatable bonds is 6. The standard InChI is InChI=1S/C18H21N3O4/c22-16(19-12-5-1-2-6-12)11-25-17(23)10-9-15-20-14-8-4-3-7-13(14)18(24)21-15/h3-4,7-8,12H,1-2,5-6,9-11H2,(H,19,22)(H,20,21,24). The second-order valence-corrected chi connectivity index (χ2v) is 6.24. The van der Waals surface area contributed by atoms with E-state index in [1.54, 1.807) is 24.3 Å². The molecular formula is C18H21N3O4. The van der Waals surface area contributed by atoms with Gasteiger partial charge in [0.1, 0.15) is 5.82 Å². The highest BCUT2D eigenvalue weighted by molar-refractivity contribution is 5.81. The first-order chi connectivity index (χ1) is 12.1. The lowest BCUT2D eigenvalue weighted by Gasteiger charge is -2.11. The highest BCUT2D eigenvalue weighted by Crippen LogP contribution is 2.17. The van der Waals surface area contributed by atoms with Crippen molar-refractivity contribution >= 4 is 22.8 Å². The molecule has 1 heterocycles. The molecule has 0 atom stereocenters. The third-order valence-electron chi connectivity index (χ3n) is 4.31. The molecule has 1 aliphatic rings. The zero-order chi connectivity index (χ0) is 17.6. The number of benzene rings is 1. The van der Waals surface area contributed by atoms with Gasteiger partial charge >= 0.3 is 5.97 Å². The Hall–Kier alpha value is -2.70. The minimum absolute atomic E-state index is 0.0536. The van der Waals surface area contributed by atoms with Crippen LogP contribution in [0.4, 0.5) is 0 Å². The zero-order valence-corrected chi connectivity index (χ0v) is 13.9. The van der Waals surface area contributed by atoms with Crippen LogP contribution in [0.25, 0.3) is 10.9 Å². The Morgan fingerprint density at radius 1 is 1.24 bits per heavy atom. The van der Waals surface area contributed by atoms with Crippen molar-refractivity contribution in [3.63, 3.8) is 0 Å². The minimum atomic E-state index is -0.489. The summed E-state index contributed by atoms with van der Waals surface area (Å²) >= 11 is 0. The number of hydrogen-bond donors (Lipinski definition) is 2. The number of aromatic amines is 1. The predicted octanol–water partition coefficient (Wildman–Crippen LogP) is 1.46. The van der Waals surface area contributed by atoms with Crippen LogP contribution in [0.1, 0.15) is 37.9 Å². The Bertz CT molecular complexity index is 824. The molecule has 3 rings (SSSR count). The number of H-pyrrole nitrogens is 1. The van der Waals surface area contributed by atoms with Crippen molar-refractivity contribution in [2.45, 2.75) is 44.6 Å². The SMILES string of the molecule is O=C(COC(=O)CCc1nc2ccccc2c(=O)[nH]1)NC1CCCC1. The van der Waals surface area contributed by atoms with Gasteiger partial charge in [0.05, 0.1) is 17.3 Å². The molecule has 132 valence electrons. The largest absolute Gasteiger partial charge is 0.456 e. The lowest BCUT2D eigenvalue weighted by Crippen LogP contribution is -2.35. The number of nitrogens with zero attached hydrogens (tertiary/aromatic N) is 1. The van der Waals surface area contributed by atoms with Crippen molar-refractivity contribution < 1.29 is 14.3 Å². The van der Waals surface area contributed by atoms with Crippen molar-refractivity contribution in [1.29, 1.82) is 0 Å². The second-order valence-electron chi connectivity index (χ2n) is 6.24. The Morgan fingerprint density at radius 3 is 2.80 bits per heavy atom. The quantitative estimate of drug-likeness (QED) is 0.773. The average molecular weight is 343 g/mol. The van der Waals surface area contributed by atoms with E-state index in [-0.39, 0.29) is 37.0 Å². The molecule has 0 radical (unpaired) electrons. The summed E-state index contributed by atoms with van der Waals surface area (Å²) in [4.78, 5) is 42.5. The van der Waals surface area contributed by atoms with Gasteiger partial charge in [0.2, 0.25) is 0 Å². The normalized spacial score (nSPS) is 14.6. The van der Waals surface area contributed by atoms with E-state index in [0.717, 1.165) is 25.7 Å². The van der Waals surface area contributed by atoms with Gasteiger partial charge < -0.3 is 15.0 Å². The van der Waals surface area contributed by atoms with Crippen LogP contribution in [0, 0.1) is 0 Å². The molecular weight excluding hydrogens is 322 g/mol. The van der Waals surface area contributed by atoms with Gasteiger partial charge in [-0.05, 0) is 25.0 Å². The van der Waals surface area contributed by atoms with Gasteiger partial charge in [0.15, 0.2) is 6.61 Å². The smallest absolute Gasteiger partial charge is 0.306 e. The van der Waals surface area contributed by atoms with Crippen LogP contribution in [-0.4, -0.2) is 34.5 Å². The third-order valence-corrected chi connectivity index (χ3v) is 4.31. The molecule has 1 aromatic heterocycles. The van der Waals surface area contributed by atoms with Crippen LogP contribution in [-0.2, 0) is 20.7 Å². The molecule has 0 spiro atoms. The number of esters is 1. The van der Waals surface area contributed by atoms with Crippen molar-refractivity contribution in [2.24, 2.45) is 0 Å². The van der Waals surface area contributed by atoms with Crippen LogP contribution in [0.15, 0.2) is 29.1 Å². The predicted molar refractivity (Wildman–Crippen MR) is 92.0 cm³/mol. The fourth-order valence-electron chi connectivity index (χ4n) is 3.03. The summed E-state index contributed by atoms with van der Waals surface area (Å²) < 4.78 is 4.98. The van der Waals surface area contributed by atoms with Crippen molar-refractivity contribution in [1.82, 2.24) is 15.3 Å². The number of nitrogens with one attached hydrogen (secondary N) is 2. The van der Waals surface area contributed by atoms with Gasteiger partial charge in [-0.1, -0.05) is 25.0 Å². The van der Waals surface area contributed by atoms with Gasteiger partial charge in [0.25, 0.3) is 11.5 Å². The van der Waals surface area contributed by atoms with E-state index in [9.17, 15) is 14.4 Å². The number of hydrogen-bond acceptors (Lipinski definition) is 5. The maximum absolute atomic E-state index is 12.0. The summed E-state index contributed by atoms with van der Waals surface area (Å²) in [5.74, 6) is -0.328. The summed E-state index contributed by atoms with van der Waals surface area (Å²) in [6.07, 6.45) is 4.53. The highest BCUT2D eigenvalue weighted by Gasteiger charge is 2.18. The molecule has 1 aliphatic carbocycles. The Labute approximate surface area is 144 Å². The monoisotopic (exact) mass is 343 g/mol. The summed E-state index contributed by atoms with van der Waals surface area (Å²) in [7, 11) is 0. The molecule has 0 unspecified atom stereocenters. The molecule has 0 bridgehead atoms. The lowest BCUT2D eigenvalue weighted by molar-refractivity contribution is -0.148. The third kappa shape index (κ3) is 4.65. The van der Waals surface area contributed by atoms with Crippen molar-refractivity contribution in [2.75, 3.05) is 6.61 Å². The average Bonchev–Trinajstić information content (AvgIpc) is 3.11. The number of carbonyl (C=O) groups is 2. The number of aryl methyl sites for hydroxylation is 1. The second kappa shape index (κ2) is 7.92. The number of aromatic nitrogens is 2. The number of fused-ring (bicyclic) bond motifs is 1. The number of ether oxygens (including phenoxy) is 1. The van der Waals surface area contributed by atoms with Crippen molar-refractivity contribution in [3.8, 4) is 0 Å². The van der Waals surface area contributed by atoms with E-state index in [1.165, 1.54) is 0 Å². The molecule has 1 amide bonds. The summed E-state index contributed by atoms with van der Waals surface area (Å²) in [6.45, 7) is -0.267. The lowest BCUT2D eigenvalue weighted by atomic mass is 10.2. The maximum Gasteiger partial charge on any atom is 0.306 e. The van der Waals surface area contributed by atoms with Crippen LogP contribution < -0.4 is 10.9 Å². The van der Waals surface area contributed by atoms with E-state index in [4.69, 9.17) is 4.74 Å². The van der Waals surface area contributed by atoms with Crippen molar-refractivity contribution in [3.05, 3.63) is 40.4 Å². The maximum atomic E-state index is 12.0. The summed E-state index contributed by atoms with van der Waals surface area (Å²) in [5.41, 5.74) is 0.357. The molecule has 7 nitrogen and oxygen atoms in total. The first kappa shape index (κ1) is 17.1. The summed E-state index contributed by atoms with van der Waals surface area (Å²) in [5, 5.41) is 3.37. The van der Waals surface area contributed by atoms with Gasteiger partial charge in [0, 0.05) is 12.5 Å². The first-order valence-electron chi connectivity index (χ1n) is 8.55. The molecule has 1 saturated carbocycles. The van der Waals surface area contributed by atoms with Gasteiger partial charge in [-0.2, -0.15) is 0 Å². The molecule has 2 aromatic rings. The number of para-hydroxylation sites is 1. The van der Waals surface area contributed by atoms with E-state index >= 15 is 0 Å². The molecule has 1 fully saturated rings. The molecule has 0 aliphatic heterocycles. The summed E-state index contributed by atoms with van der Waals surface area (Å²) in [6, 6.07) is 7.23. The number of carbonyl (C=O) groups excluding carboxylic acids is 2. The van der Waals surface area contributed by atoms with Gasteiger partial charge in [-0.25, -0.2) is 4.98 Å². The van der Waals surface area contributed by atoms with Gasteiger partial charge in [-0.3, -0.25) is 14.4 Å². The van der Waals surface area contributed by atoms with Crippen LogP contribution in [0.5, 0.6) is 0 Å². The molecule has 0 saturated heterocycles. The van der Waals surface area contributed by atoms with Crippen LogP contribution in [0.3, 0.4) is 0 Å². The molecule has 25 heavy (non-hydrogen) atoms. The fraction of sp³-hybridized carbons (Fsp3) is 0.444. The Kier molecular flexibility index (Phi) is 5.42. The number of amides is 1. The Balaban J connectivity index is 1.47. The molecule has 7 heteroatoms. The van der Waals surface area contributed by atoms with E-state index in [1.807, 2.05) is 0 Å². The van der Waals surface area contributed by atoms with Crippen LogP contribution in [0.2, 0.25) is 0 Å². The van der Waals surface area contributed by atoms with Gasteiger partial charge in [-0.15, -0.1) is 0 Å². The van der Waals surface area contributed by atoms with E-state index in [0.29, 0.717) is 16.7 Å². The molecule has 2 N–H and O–H groups in total. The fourth-order valence-corrected chi connectivity index (χ4v) is 3.03. The Morgan fingerprint density at radius 2 is 2.00 bits per heavy atom. The van der Waals surface area contributed by atoms with Crippen LogP contribution >= 0.6 is 0 Å².